The van der Waals surface area contributed by atoms with Crippen molar-refractivity contribution in [1.29, 1.82) is 0 Å². The van der Waals surface area contributed by atoms with Crippen LogP contribution in [0.2, 0.25) is 10.0 Å². The molecule has 0 radical (unpaired) electrons. The third-order valence-corrected chi connectivity index (χ3v) is 4.47. The summed E-state index contributed by atoms with van der Waals surface area (Å²) in [4.78, 5) is 0. The zero-order valence-electron chi connectivity index (χ0n) is 14.3. The number of halogens is 2. The molecular weight excluding hydrogens is 369 g/mol. The van der Waals surface area contributed by atoms with E-state index in [4.69, 9.17) is 32.7 Å². The number of para-hydroxylation sites is 1. The highest BCUT2D eigenvalue weighted by Gasteiger charge is 2.12. The molecule has 0 aliphatic heterocycles. The number of hydrogen-bond donors (Lipinski definition) is 1. The van der Waals surface area contributed by atoms with Crippen LogP contribution in [0.25, 0.3) is 0 Å². The number of hydrogen-bond acceptors (Lipinski definition) is 3. The highest BCUT2D eigenvalue weighted by atomic mass is 35.5. The SMILES string of the molecule is COc1cccc(CNc2cc(Cl)ccc2Cl)c1OCc1ccccc1. The molecule has 134 valence electrons. The molecular formula is C21H19Cl2NO2. The van der Waals surface area contributed by atoms with Gasteiger partial charge in [-0.15, -0.1) is 0 Å². The van der Waals surface area contributed by atoms with Crippen molar-refractivity contribution >= 4 is 28.9 Å². The first-order chi connectivity index (χ1) is 12.7. The number of methoxy groups -OCH3 is 1. The van der Waals surface area contributed by atoms with Crippen molar-refractivity contribution in [3.05, 3.63) is 87.9 Å². The molecule has 0 aromatic heterocycles. The number of benzene rings is 3. The minimum atomic E-state index is 0.464. The molecule has 0 spiro atoms. The topological polar surface area (TPSA) is 30.5 Å². The zero-order chi connectivity index (χ0) is 18.4. The van der Waals surface area contributed by atoms with Crippen molar-refractivity contribution < 1.29 is 9.47 Å². The Balaban J connectivity index is 1.79. The van der Waals surface area contributed by atoms with Gasteiger partial charge in [0.25, 0.3) is 0 Å². The number of rotatable bonds is 7. The van der Waals surface area contributed by atoms with Gasteiger partial charge in [-0.3, -0.25) is 0 Å². The van der Waals surface area contributed by atoms with Crippen LogP contribution in [0.15, 0.2) is 66.7 Å². The summed E-state index contributed by atoms with van der Waals surface area (Å²) in [5.41, 5.74) is 2.84. The van der Waals surface area contributed by atoms with Gasteiger partial charge in [0.15, 0.2) is 11.5 Å². The smallest absolute Gasteiger partial charge is 0.166 e. The van der Waals surface area contributed by atoms with E-state index in [9.17, 15) is 0 Å². The number of ether oxygens (including phenoxy) is 2. The maximum absolute atomic E-state index is 6.22. The zero-order valence-corrected chi connectivity index (χ0v) is 15.8. The lowest BCUT2D eigenvalue weighted by molar-refractivity contribution is 0.281. The Morgan fingerprint density at radius 2 is 1.73 bits per heavy atom. The largest absolute Gasteiger partial charge is 0.493 e. The van der Waals surface area contributed by atoms with Gasteiger partial charge in [0.2, 0.25) is 0 Å². The average Bonchev–Trinajstić information content (AvgIpc) is 2.68. The molecule has 26 heavy (non-hydrogen) atoms. The van der Waals surface area contributed by atoms with Crippen LogP contribution >= 0.6 is 23.2 Å². The molecule has 1 N–H and O–H groups in total. The molecule has 0 unspecified atom stereocenters. The molecule has 0 saturated carbocycles. The second-order valence-electron chi connectivity index (χ2n) is 5.70. The molecule has 0 amide bonds. The minimum Gasteiger partial charge on any atom is -0.493 e. The van der Waals surface area contributed by atoms with E-state index in [0.717, 1.165) is 16.8 Å². The van der Waals surface area contributed by atoms with E-state index in [0.29, 0.717) is 34.7 Å². The first-order valence-corrected chi connectivity index (χ1v) is 8.94. The van der Waals surface area contributed by atoms with Crippen LogP contribution in [-0.4, -0.2) is 7.11 Å². The van der Waals surface area contributed by atoms with Gasteiger partial charge in [0, 0.05) is 17.1 Å². The van der Waals surface area contributed by atoms with E-state index in [-0.39, 0.29) is 0 Å². The lowest BCUT2D eigenvalue weighted by atomic mass is 10.1. The Labute approximate surface area is 163 Å². The first kappa shape index (κ1) is 18.4. The molecule has 0 bridgehead atoms. The lowest BCUT2D eigenvalue weighted by Crippen LogP contribution is -2.05. The molecule has 3 aromatic rings. The second kappa shape index (κ2) is 8.84. The van der Waals surface area contributed by atoms with Crippen molar-refractivity contribution in [1.82, 2.24) is 0 Å². The van der Waals surface area contributed by atoms with Crippen molar-refractivity contribution in [2.24, 2.45) is 0 Å². The average molecular weight is 388 g/mol. The van der Waals surface area contributed by atoms with E-state index in [2.05, 4.69) is 5.32 Å². The number of nitrogens with one attached hydrogen (secondary N) is 1. The van der Waals surface area contributed by atoms with Crippen molar-refractivity contribution in [3.8, 4) is 11.5 Å². The van der Waals surface area contributed by atoms with Gasteiger partial charge in [-0.1, -0.05) is 65.7 Å². The fraction of sp³-hybridized carbons (Fsp3) is 0.143. The lowest BCUT2D eigenvalue weighted by Gasteiger charge is -2.16. The van der Waals surface area contributed by atoms with E-state index >= 15 is 0 Å². The molecule has 0 aliphatic rings. The van der Waals surface area contributed by atoms with Crippen LogP contribution in [-0.2, 0) is 13.2 Å². The maximum Gasteiger partial charge on any atom is 0.166 e. The Morgan fingerprint density at radius 1 is 0.923 bits per heavy atom. The van der Waals surface area contributed by atoms with E-state index in [1.165, 1.54) is 0 Å². The van der Waals surface area contributed by atoms with Gasteiger partial charge >= 0.3 is 0 Å². The molecule has 0 atom stereocenters. The molecule has 3 aromatic carbocycles. The summed E-state index contributed by atoms with van der Waals surface area (Å²) in [7, 11) is 1.63. The molecule has 0 aliphatic carbocycles. The van der Waals surface area contributed by atoms with E-state index in [1.807, 2.05) is 48.5 Å². The maximum atomic E-state index is 6.22. The third kappa shape index (κ3) is 4.63. The van der Waals surface area contributed by atoms with Gasteiger partial charge in [-0.25, -0.2) is 0 Å². The van der Waals surface area contributed by atoms with Crippen LogP contribution in [0.5, 0.6) is 11.5 Å². The van der Waals surface area contributed by atoms with E-state index < -0.39 is 0 Å². The van der Waals surface area contributed by atoms with Crippen LogP contribution in [0, 0.1) is 0 Å². The Morgan fingerprint density at radius 3 is 2.50 bits per heavy atom. The molecule has 5 heteroatoms. The summed E-state index contributed by atoms with van der Waals surface area (Å²) in [6.45, 7) is 0.994. The standard InChI is InChI=1S/C21H19Cl2NO2/c1-25-20-9-5-8-16(13-24-19-12-17(22)10-11-18(19)23)21(20)26-14-15-6-3-2-4-7-15/h2-12,24H,13-14H2,1H3. The molecule has 0 fully saturated rings. The third-order valence-electron chi connectivity index (χ3n) is 3.90. The highest BCUT2D eigenvalue weighted by Crippen LogP contribution is 2.33. The van der Waals surface area contributed by atoms with E-state index in [1.54, 1.807) is 25.3 Å². The Kier molecular flexibility index (Phi) is 6.26. The molecule has 0 heterocycles. The monoisotopic (exact) mass is 387 g/mol. The summed E-state index contributed by atoms with van der Waals surface area (Å²) in [6, 6.07) is 21.2. The first-order valence-electron chi connectivity index (χ1n) is 8.19. The summed E-state index contributed by atoms with van der Waals surface area (Å²) in [5, 5.41) is 4.55. The second-order valence-corrected chi connectivity index (χ2v) is 6.54. The van der Waals surface area contributed by atoms with Crippen molar-refractivity contribution in [2.45, 2.75) is 13.2 Å². The van der Waals surface area contributed by atoms with Crippen LogP contribution in [0.1, 0.15) is 11.1 Å². The van der Waals surface area contributed by atoms with Crippen LogP contribution < -0.4 is 14.8 Å². The fourth-order valence-corrected chi connectivity index (χ4v) is 2.93. The fourth-order valence-electron chi connectivity index (χ4n) is 2.58. The van der Waals surface area contributed by atoms with Crippen LogP contribution in [0.3, 0.4) is 0 Å². The summed E-state index contributed by atoms with van der Waals surface area (Å²) in [5.74, 6) is 1.40. The van der Waals surface area contributed by atoms with Gasteiger partial charge in [-0.2, -0.15) is 0 Å². The number of anilines is 1. The normalized spacial score (nSPS) is 10.4. The highest BCUT2D eigenvalue weighted by molar-refractivity contribution is 6.35. The van der Waals surface area contributed by atoms with Crippen molar-refractivity contribution in [3.63, 3.8) is 0 Å². The van der Waals surface area contributed by atoms with Crippen LogP contribution in [0.4, 0.5) is 5.69 Å². The Hall–Kier alpha value is -2.36. The van der Waals surface area contributed by atoms with Gasteiger partial charge in [0.1, 0.15) is 6.61 Å². The summed E-state index contributed by atoms with van der Waals surface area (Å²) >= 11 is 12.3. The Bertz CT molecular complexity index is 869. The summed E-state index contributed by atoms with van der Waals surface area (Å²) in [6.07, 6.45) is 0. The summed E-state index contributed by atoms with van der Waals surface area (Å²) < 4.78 is 11.5. The molecule has 0 saturated heterocycles. The molecule has 3 rings (SSSR count). The predicted octanol–water partition coefficient (Wildman–Crippen LogP) is 6.19. The predicted molar refractivity (Wildman–Crippen MR) is 108 cm³/mol. The van der Waals surface area contributed by atoms with Gasteiger partial charge in [0.05, 0.1) is 17.8 Å². The molecule has 3 nitrogen and oxygen atoms in total. The van der Waals surface area contributed by atoms with Crippen molar-refractivity contribution in [2.75, 3.05) is 12.4 Å². The van der Waals surface area contributed by atoms with Gasteiger partial charge < -0.3 is 14.8 Å². The minimum absolute atomic E-state index is 0.464. The van der Waals surface area contributed by atoms with Gasteiger partial charge in [-0.05, 0) is 29.8 Å². The quantitative estimate of drug-likeness (QED) is 0.523.